The first-order valence-electron chi connectivity index (χ1n) is 4.74. The molecule has 2 aliphatic rings. The van der Waals surface area contributed by atoms with Gasteiger partial charge < -0.3 is 5.73 Å². The second-order valence-corrected chi connectivity index (χ2v) is 6.22. The number of rotatable bonds is 2. The van der Waals surface area contributed by atoms with Gasteiger partial charge in [-0.25, -0.2) is 8.42 Å². The highest BCUT2D eigenvalue weighted by Gasteiger charge is 2.51. The lowest BCUT2D eigenvalue weighted by molar-refractivity contribution is 0.152. The molecule has 4 nitrogen and oxygen atoms in total. The normalized spacial score (nSPS) is 31.5. The first-order chi connectivity index (χ1) is 6.08. The number of likely N-dealkylation sites (tertiary alicyclic amines) is 1. The first kappa shape index (κ1) is 9.43. The average molecular weight is 204 g/mol. The van der Waals surface area contributed by atoms with Gasteiger partial charge in [0.15, 0.2) is 9.84 Å². The average Bonchev–Trinajstić information content (AvgIpc) is 2.51. The van der Waals surface area contributed by atoms with Crippen molar-refractivity contribution in [3.8, 4) is 0 Å². The summed E-state index contributed by atoms with van der Waals surface area (Å²) < 4.78 is 22.3. The molecule has 13 heavy (non-hydrogen) atoms. The van der Waals surface area contributed by atoms with Crippen LogP contribution in [0.15, 0.2) is 0 Å². The van der Waals surface area contributed by atoms with E-state index in [-0.39, 0.29) is 17.0 Å². The van der Waals surface area contributed by atoms with E-state index in [2.05, 4.69) is 4.90 Å². The summed E-state index contributed by atoms with van der Waals surface area (Å²) in [6.07, 6.45) is 2.36. The van der Waals surface area contributed by atoms with E-state index in [1.54, 1.807) is 0 Å². The van der Waals surface area contributed by atoms with E-state index >= 15 is 0 Å². The number of nitrogens with zero attached hydrogens (tertiary/aromatic N) is 1. The monoisotopic (exact) mass is 204 g/mol. The van der Waals surface area contributed by atoms with Crippen molar-refractivity contribution in [2.45, 2.75) is 18.4 Å². The summed E-state index contributed by atoms with van der Waals surface area (Å²) >= 11 is 0. The Hall–Kier alpha value is -0.130. The van der Waals surface area contributed by atoms with E-state index in [0.717, 1.165) is 13.1 Å². The molecule has 0 spiro atoms. The molecule has 0 atom stereocenters. The maximum atomic E-state index is 11.1. The molecule has 0 saturated carbocycles. The van der Waals surface area contributed by atoms with Crippen LogP contribution in [0.3, 0.4) is 0 Å². The standard InChI is InChI=1S/C8H16N2O2S/c9-5-8(6-13(11,12)7-8)10-3-1-2-4-10/h1-7,9H2. The second-order valence-electron chi connectivity index (χ2n) is 4.15. The molecule has 0 bridgehead atoms. The number of sulfone groups is 1. The molecular weight excluding hydrogens is 188 g/mol. The molecule has 0 aliphatic carbocycles. The van der Waals surface area contributed by atoms with Crippen LogP contribution in [-0.4, -0.2) is 50.0 Å². The highest BCUT2D eigenvalue weighted by Crippen LogP contribution is 2.31. The zero-order valence-electron chi connectivity index (χ0n) is 7.70. The van der Waals surface area contributed by atoms with Crippen LogP contribution in [-0.2, 0) is 9.84 Å². The van der Waals surface area contributed by atoms with Crippen molar-refractivity contribution in [2.24, 2.45) is 5.73 Å². The fraction of sp³-hybridized carbons (Fsp3) is 1.00. The minimum Gasteiger partial charge on any atom is -0.329 e. The molecule has 0 unspecified atom stereocenters. The van der Waals surface area contributed by atoms with Crippen molar-refractivity contribution in [3.63, 3.8) is 0 Å². The van der Waals surface area contributed by atoms with Gasteiger partial charge in [0.25, 0.3) is 0 Å². The van der Waals surface area contributed by atoms with Gasteiger partial charge in [0.2, 0.25) is 0 Å². The Morgan fingerprint density at radius 1 is 1.23 bits per heavy atom. The molecule has 0 aromatic carbocycles. The van der Waals surface area contributed by atoms with Gasteiger partial charge in [-0.05, 0) is 25.9 Å². The van der Waals surface area contributed by atoms with Gasteiger partial charge in [0, 0.05) is 6.54 Å². The second kappa shape index (κ2) is 2.93. The van der Waals surface area contributed by atoms with Gasteiger partial charge in [-0.15, -0.1) is 0 Å². The fourth-order valence-electron chi connectivity index (χ4n) is 2.40. The summed E-state index contributed by atoms with van der Waals surface area (Å²) in [5.74, 6) is 0.549. The van der Waals surface area contributed by atoms with Crippen LogP contribution in [0.5, 0.6) is 0 Å². The first-order valence-corrected chi connectivity index (χ1v) is 6.56. The molecule has 0 aromatic rings. The predicted octanol–water partition coefficient (Wildman–Crippen LogP) is -0.792. The van der Waals surface area contributed by atoms with Crippen LogP contribution in [0, 0.1) is 0 Å². The van der Waals surface area contributed by atoms with Crippen LogP contribution in [0.25, 0.3) is 0 Å². The molecule has 2 aliphatic heterocycles. The van der Waals surface area contributed by atoms with Gasteiger partial charge in [0.1, 0.15) is 0 Å². The van der Waals surface area contributed by atoms with Crippen LogP contribution in [0.4, 0.5) is 0 Å². The summed E-state index contributed by atoms with van der Waals surface area (Å²) in [4.78, 5) is 2.26. The van der Waals surface area contributed by atoms with Gasteiger partial charge in [-0.3, -0.25) is 4.90 Å². The minimum atomic E-state index is -2.76. The van der Waals surface area contributed by atoms with Gasteiger partial charge in [-0.2, -0.15) is 0 Å². The van der Waals surface area contributed by atoms with Crippen LogP contribution in [0.2, 0.25) is 0 Å². The molecule has 0 amide bonds. The molecule has 0 aromatic heterocycles. The third-order valence-electron chi connectivity index (χ3n) is 3.13. The maximum absolute atomic E-state index is 11.1. The van der Waals surface area contributed by atoms with E-state index in [1.807, 2.05) is 0 Å². The smallest absolute Gasteiger partial charge is 0.154 e. The molecule has 76 valence electrons. The minimum absolute atomic E-state index is 0.199. The van der Waals surface area contributed by atoms with E-state index in [4.69, 9.17) is 5.73 Å². The van der Waals surface area contributed by atoms with Crippen molar-refractivity contribution in [2.75, 3.05) is 31.1 Å². The predicted molar refractivity (Wildman–Crippen MR) is 51.2 cm³/mol. The molecule has 2 saturated heterocycles. The van der Waals surface area contributed by atoms with Crippen molar-refractivity contribution < 1.29 is 8.42 Å². The Bertz CT molecular complexity index is 281. The topological polar surface area (TPSA) is 63.4 Å². The summed E-state index contributed by atoms with van der Waals surface area (Å²) in [5, 5.41) is 0. The summed E-state index contributed by atoms with van der Waals surface area (Å²) in [7, 11) is -2.76. The third kappa shape index (κ3) is 1.49. The van der Waals surface area contributed by atoms with E-state index in [1.165, 1.54) is 12.8 Å². The van der Waals surface area contributed by atoms with E-state index < -0.39 is 9.84 Å². The zero-order valence-corrected chi connectivity index (χ0v) is 8.52. The van der Waals surface area contributed by atoms with Crippen molar-refractivity contribution in [1.29, 1.82) is 0 Å². The van der Waals surface area contributed by atoms with Crippen molar-refractivity contribution in [3.05, 3.63) is 0 Å². The molecule has 0 radical (unpaired) electrons. The zero-order chi connectivity index (χ0) is 9.53. The molecule has 5 heteroatoms. The van der Waals surface area contributed by atoms with Crippen molar-refractivity contribution in [1.82, 2.24) is 4.90 Å². The fourth-order valence-corrected chi connectivity index (χ4v) is 4.55. The summed E-state index contributed by atoms with van der Waals surface area (Å²) in [5.41, 5.74) is 5.46. The quantitative estimate of drug-likeness (QED) is 0.640. The SMILES string of the molecule is NCC1(N2CCCC2)CS(=O)(=O)C1. The molecular formula is C8H16N2O2S. The van der Waals surface area contributed by atoms with Crippen LogP contribution >= 0.6 is 0 Å². The van der Waals surface area contributed by atoms with Gasteiger partial charge in [0.05, 0.1) is 17.0 Å². The number of hydrogen-bond donors (Lipinski definition) is 1. The lowest BCUT2D eigenvalue weighted by atomic mass is 10.0. The van der Waals surface area contributed by atoms with Crippen LogP contribution in [0.1, 0.15) is 12.8 Å². The lowest BCUT2D eigenvalue weighted by Crippen LogP contribution is -2.68. The maximum Gasteiger partial charge on any atom is 0.154 e. The summed E-state index contributed by atoms with van der Waals surface area (Å²) in [6.45, 7) is 2.52. The van der Waals surface area contributed by atoms with Gasteiger partial charge in [-0.1, -0.05) is 0 Å². The van der Waals surface area contributed by atoms with Gasteiger partial charge >= 0.3 is 0 Å². The molecule has 2 rings (SSSR count). The summed E-state index contributed by atoms with van der Waals surface area (Å²) in [6, 6.07) is 0. The third-order valence-corrected chi connectivity index (χ3v) is 5.09. The molecule has 2 N–H and O–H groups in total. The van der Waals surface area contributed by atoms with Crippen molar-refractivity contribution >= 4 is 9.84 Å². The Kier molecular flexibility index (Phi) is 2.13. The largest absolute Gasteiger partial charge is 0.329 e. The number of nitrogens with two attached hydrogens (primary N) is 1. The highest BCUT2D eigenvalue weighted by atomic mass is 32.2. The van der Waals surface area contributed by atoms with Crippen LogP contribution < -0.4 is 5.73 Å². The highest BCUT2D eigenvalue weighted by molar-refractivity contribution is 7.93. The van der Waals surface area contributed by atoms with E-state index in [9.17, 15) is 8.42 Å². The Morgan fingerprint density at radius 3 is 2.15 bits per heavy atom. The lowest BCUT2D eigenvalue weighted by Gasteiger charge is -2.47. The Morgan fingerprint density at radius 2 is 1.77 bits per heavy atom. The Balaban J connectivity index is 2.10. The molecule has 2 heterocycles. The van der Waals surface area contributed by atoms with E-state index in [0.29, 0.717) is 6.54 Å². The molecule has 2 fully saturated rings. The Labute approximate surface area is 79.0 Å². The number of hydrogen-bond acceptors (Lipinski definition) is 4.